The number of rotatable bonds is 8. The van der Waals surface area contributed by atoms with Crippen molar-refractivity contribution in [3.05, 3.63) is 76.6 Å². The second-order valence-electron chi connectivity index (χ2n) is 8.19. The minimum absolute atomic E-state index is 0.0253. The second kappa shape index (κ2) is 9.31. The molecule has 0 aliphatic carbocycles. The molecule has 3 heterocycles. The highest BCUT2D eigenvalue weighted by molar-refractivity contribution is 5.71. The van der Waals surface area contributed by atoms with Gasteiger partial charge in [0, 0.05) is 51.3 Å². The summed E-state index contributed by atoms with van der Waals surface area (Å²) in [5.41, 5.74) is 3.91. The van der Waals surface area contributed by atoms with Crippen LogP contribution in [-0.2, 0) is 6.54 Å². The number of aromatic nitrogens is 3. The second-order valence-corrected chi connectivity index (χ2v) is 8.19. The zero-order valence-corrected chi connectivity index (χ0v) is 18.3. The van der Waals surface area contributed by atoms with Crippen LogP contribution in [-0.4, -0.2) is 63.9 Å². The molecule has 4 rings (SSSR count). The average Bonchev–Trinajstić information content (AvgIpc) is 3.35. The van der Waals surface area contributed by atoms with Gasteiger partial charge in [0.05, 0.1) is 18.1 Å². The monoisotopic (exact) mass is 418 g/mol. The van der Waals surface area contributed by atoms with Gasteiger partial charge in [-0.2, -0.15) is 0 Å². The average molecular weight is 419 g/mol. The van der Waals surface area contributed by atoms with E-state index in [4.69, 9.17) is 0 Å². The first-order valence-electron chi connectivity index (χ1n) is 10.7. The van der Waals surface area contributed by atoms with Crippen LogP contribution in [0, 0.1) is 0 Å². The molecule has 1 aromatic carbocycles. The molecule has 3 aromatic rings. The normalized spacial score (nSPS) is 17.4. The SMILES string of the molecule is C=N/C=C(/C)N(C)CCN1CCC(n2c(=O)n(Cc3ccccc3)c3cccnc32)C1. The molecule has 0 amide bonds. The highest BCUT2D eigenvalue weighted by Gasteiger charge is 2.28. The zero-order chi connectivity index (χ0) is 21.8. The van der Waals surface area contributed by atoms with Crippen LogP contribution in [0.4, 0.5) is 0 Å². The van der Waals surface area contributed by atoms with Crippen LogP contribution in [0.15, 0.2) is 70.3 Å². The van der Waals surface area contributed by atoms with Gasteiger partial charge in [-0.1, -0.05) is 30.3 Å². The molecule has 7 nitrogen and oxygen atoms in total. The first kappa shape index (κ1) is 21.1. The fraction of sp³-hybridized carbons (Fsp3) is 0.375. The Morgan fingerprint density at radius 2 is 2.10 bits per heavy atom. The van der Waals surface area contributed by atoms with Gasteiger partial charge < -0.3 is 4.90 Å². The highest BCUT2D eigenvalue weighted by atomic mass is 16.1. The van der Waals surface area contributed by atoms with Crippen LogP contribution in [0.1, 0.15) is 24.9 Å². The van der Waals surface area contributed by atoms with Gasteiger partial charge in [0.1, 0.15) is 0 Å². The number of allylic oxidation sites excluding steroid dienone is 1. The summed E-state index contributed by atoms with van der Waals surface area (Å²) in [6, 6.07) is 14.1. The molecule has 1 saturated heterocycles. The van der Waals surface area contributed by atoms with Gasteiger partial charge in [-0.25, -0.2) is 9.78 Å². The molecule has 1 unspecified atom stereocenters. The largest absolute Gasteiger partial charge is 0.376 e. The molecule has 1 fully saturated rings. The van der Waals surface area contributed by atoms with E-state index in [1.807, 2.05) is 46.4 Å². The maximum atomic E-state index is 13.4. The van der Waals surface area contributed by atoms with Crippen molar-refractivity contribution >= 4 is 17.9 Å². The number of hydrogen-bond acceptors (Lipinski definition) is 5. The molecule has 2 aromatic heterocycles. The van der Waals surface area contributed by atoms with Crippen molar-refractivity contribution in [2.24, 2.45) is 4.99 Å². The summed E-state index contributed by atoms with van der Waals surface area (Å²) in [6.45, 7) is 9.80. The minimum atomic E-state index is 0.0253. The van der Waals surface area contributed by atoms with Crippen LogP contribution in [0.2, 0.25) is 0 Å². The van der Waals surface area contributed by atoms with E-state index in [0.29, 0.717) is 6.54 Å². The molecule has 162 valence electrons. The van der Waals surface area contributed by atoms with Crippen LogP contribution in [0.5, 0.6) is 0 Å². The topological polar surface area (TPSA) is 58.7 Å². The highest BCUT2D eigenvalue weighted by Crippen LogP contribution is 2.24. The minimum Gasteiger partial charge on any atom is -0.376 e. The fourth-order valence-electron chi connectivity index (χ4n) is 4.28. The molecule has 0 N–H and O–H groups in total. The Balaban J connectivity index is 1.54. The molecule has 1 aliphatic rings. The molecule has 0 radical (unpaired) electrons. The first-order chi connectivity index (χ1) is 15.1. The first-order valence-corrected chi connectivity index (χ1v) is 10.7. The van der Waals surface area contributed by atoms with E-state index < -0.39 is 0 Å². The summed E-state index contributed by atoms with van der Waals surface area (Å²) in [7, 11) is 2.07. The molecule has 7 heteroatoms. The number of likely N-dealkylation sites (tertiary alicyclic amines) is 1. The quantitative estimate of drug-likeness (QED) is 0.528. The lowest BCUT2D eigenvalue weighted by Crippen LogP contribution is -2.33. The Kier molecular flexibility index (Phi) is 6.32. The van der Waals surface area contributed by atoms with Gasteiger partial charge in [0.25, 0.3) is 0 Å². The standard InChI is InChI=1S/C24H30N6O/c1-19(16-25-2)27(3)14-15-28-13-11-21(18-28)30-23-22(10-7-12-26-23)29(24(30)31)17-20-8-5-4-6-9-20/h4-10,12,16,21H,2,11,13-15,17-18H2,1,3H3/b19-16-. The lowest BCUT2D eigenvalue weighted by Gasteiger charge is -2.23. The zero-order valence-electron chi connectivity index (χ0n) is 18.3. The summed E-state index contributed by atoms with van der Waals surface area (Å²) >= 11 is 0. The third-order valence-corrected chi connectivity index (χ3v) is 6.15. The van der Waals surface area contributed by atoms with E-state index >= 15 is 0 Å². The fourth-order valence-corrected chi connectivity index (χ4v) is 4.28. The molecular weight excluding hydrogens is 388 g/mol. The van der Waals surface area contributed by atoms with Gasteiger partial charge >= 0.3 is 5.69 Å². The summed E-state index contributed by atoms with van der Waals surface area (Å²) in [4.78, 5) is 26.5. The predicted octanol–water partition coefficient (Wildman–Crippen LogP) is 2.99. The molecule has 1 atom stereocenters. The van der Waals surface area contributed by atoms with Crippen LogP contribution < -0.4 is 5.69 Å². The predicted molar refractivity (Wildman–Crippen MR) is 126 cm³/mol. The number of pyridine rings is 1. The number of hydrogen-bond donors (Lipinski definition) is 0. The number of aliphatic imine (C=N–C) groups is 1. The number of fused-ring (bicyclic) bond motifs is 1. The Morgan fingerprint density at radius 1 is 1.29 bits per heavy atom. The number of nitrogens with zero attached hydrogens (tertiary/aromatic N) is 6. The van der Waals surface area contributed by atoms with Crippen molar-refractivity contribution in [1.82, 2.24) is 23.9 Å². The third kappa shape index (κ3) is 4.46. The van der Waals surface area contributed by atoms with Gasteiger partial charge in [0.2, 0.25) is 0 Å². The van der Waals surface area contributed by atoms with Crippen LogP contribution in [0.3, 0.4) is 0 Å². The maximum Gasteiger partial charge on any atom is 0.330 e. The van der Waals surface area contributed by atoms with Crippen molar-refractivity contribution in [3.63, 3.8) is 0 Å². The van der Waals surface area contributed by atoms with E-state index in [9.17, 15) is 4.79 Å². The Hall–Kier alpha value is -3.19. The van der Waals surface area contributed by atoms with E-state index in [-0.39, 0.29) is 11.7 Å². The van der Waals surface area contributed by atoms with E-state index in [1.165, 1.54) is 0 Å². The number of benzene rings is 1. The van der Waals surface area contributed by atoms with Crippen molar-refractivity contribution in [3.8, 4) is 0 Å². The number of likely N-dealkylation sites (N-methyl/N-ethyl adjacent to an activating group) is 1. The molecule has 0 bridgehead atoms. The lowest BCUT2D eigenvalue weighted by molar-refractivity contribution is 0.279. The summed E-state index contributed by atoms with van der Waals surface area (Å²) < 4.78 is 3.76. The molecule has 31 heavy (non-hydrogen) atoms. The van der Waals surface area contributed by atoms with Crippen molar-refractivity contribution in [1.29, 1.82) is 0 Å². The van der Waals surface area contributed by atoms with E-state index in [1.54, 1.807) is 12.4 Å². The van der Waals surface area contributed by atoms with Gasteiger partial charge in [0.15, 0.2) is 5.65 Å². The van der Waals surface area contributed by atoms with E-state index in [0.717, 1.165) is 55.0 Å². The summed E-state index contributed by atoms with van der Waals surface area (Å²) in [6.07, 6.45) is 4.50. The van der Waals surface area contributed by atoms with E-state index in [2.05, 4.69) is 45.7 Å². The smallest absolute Gasteiger partial charge is 0.330 e. The Morgan fingerprint density at radius 3 is 2.87 bits per heavy atom. The van der Waals surface area contributed by atoms with Crippen molar-refractivity contribution in [2.75, 3.05) is 33.2 Å². The summed E-state index contributed by atoms with van der Waals surface area (Å²) in [5.74, 6) is 0. The number of imidazole rings is 1. The summed E-state index contributed by atoms with van der Waals surface area (Å²) in [5, 5.41) is 0. The third-order valence-electron chi connectivity index (χ3n) is 6.15. The lowest BCUT2D eigenvalue weighted by atomic mass is 10.2. The Labute approximate surface area is 182 Å². The molecular formula is C24H30N6O. The van der Waals surface area contributed by atoms with Crippen LogP contribution in [0.25, 0.3) is 11.2 Å². The van der Waals surface area contributed by atoms with Crippen LogP contribution >= 0.6 is 0 Å². The van der Waals surface area contributed by atoms with Crippen molar-refractivity contribution in [2.45, 2.75) is 25.9 Å². The Bertz CT molecular complexity index is 1130. The van der Waals surface area contributed by atoms with Gasteiger partial charge in [-0.15, -0.1) is 0 Å². The van der Waals surface area contributed by atoms with Crippen molar-refractivity contribution < 1.29 is 0 Å². The molecule has 0 spiro atoms. The molecule has 0 saturated carbocycles. The van der Waals surface area contributed by atoms with Gasteiger partial charge in [-0.3, -0.25) is 19.0 Å². The van der Waals surface area contributed by atoms with Gasteiger partial charge in [-0.05, 0) is 37.8 Å². The molecule has 1 aliphatic heterocycles. The maximum absolute atomic E-state index is 13.4.